The number of benzene rings is 2. The zero-order chi connectivity index (χ0) is 22.6. The van der Waals surface area contributed by atoms with Crippen molar-refractivity contribution in [1.82, 2.24) is 4.90 Å². The largest absolute Gasteiger partial charge is 0.493 e. The number of hydrogen-bond acceptors (Lipinski definition) is 4. The van der Waals surface area contributed by atoms with Crippen LogP contribution in [0.15, 0.2) is 42.5 Å². The average molecular weight is 447 g/mol. The molecule has 174 valence electrons. The molecule has 0 radical (unpaired) electrons. The molecule has 0 N–H and O–H groups in total. The van der Waals surface area contributed by atoms with Crippen molar-refractivity contribution in [3.63, 3.8) is 0 Å². The summed E-state index contributed by atoms with van der Waals surface area (Å²) in [6, 6.07) is 14.7. The monoisotopic (exact) mass is 446 g/mol. The van der Waals surface area contributed by atoms with Crippen molar-refractivity contribution in [2.75, 3.05) is 31.1 Å². The van der Waals surface area contributed by atoms with E-state index >= 15 is 0 Å². The van der Waals surface area contributed by atoms with Gasteiger partial charge in [-0.05, 0) is 53.9 Å². The van der Waals surface area contributed by atoms with Gasteiger partial charge in [-0.3, -0.25) is 9.80 Å². The molecular weight excluding hydrogens is 412 g/mol. The quantitative estimate of drug-likeness (QED) is 0.612. The Morgan fingerprint density at radius 1 is 1.03 bits per heavy atom. The Hall–Kier alpha value is -2.53. The third kappa shape index (κ3) is 3.90. The Labute approximate surface area is 196 Å². The summed E-state index contributed by atoms with van der Waals surface area (Å²) in [5.74, 6) is 1.85. The second-order valence-corrected chi connectivity index (χ2v) is 11.1. The first-order chi connectivity index (χ1) is 15.9. The number of anilines is 1. The van der Waals surface area contributed by atoms with E-state index in [0.29, 0.717) is 12.5 Å². The van der Waals surface area contributed by atoms with Gasteiger partial charge >= 0.3 is 6.09 Å². The first-order valence-electron chi connectivity index (χ1n) is 12.5. The fourth-order valence-corrected chi connectivity index (χ4v) is 5.78. The SMILES string of the molecule is CC1(C)CCOc2c(C3CC3)cc(CN3CCC4(CC3)CN(c3ccccc3)C(=O)O4)cc21. The van der Waals surface area contributed by atoms with Crippen LogP contribution in [0.2, 0.25) is 0 Å². The van der Waals surface area contributed by atoms with Crippen molar-refractivity contribution in [3.8, 4) is 5.75 Å². The van der Waals surface area contributed by atoms with Gasteiger partial charge in [0.15, 0.2) is 0 Å². The highest BCUT2D eigenvalue weighted by Crippen LogP contribution is 2.50. The highest BCUT2D eigenvalue weighted by Gasteiger charge is 2.47. The van der Waals surface area contributed by atoms with Crippen LogP contribution in [-0.2, 0) is 16.7 Å². The lowest BCUT2D eigenvalue weighted by Gasteiger charge is -2.38. The lowest BCUT2D eigenvalue weighted by Crippen LogP contribution is -2.46. The zero-order valence-electron chi connectivity index (χ0n) is 19.8. The maximum Gasteiger partial charge on any atom is 0.415 e. The van der Waals surface area contributed by atoms with Gasteiger partial charge in [-0.1, -0.05) is 44.2 Å². The number of likely N-dealkylation sites (tertiary alicyclic amines) is 1. The van der Waals surface area contributed by atoms with Gasteiger partial charge in [-0.15, -0.1) is 0 Å². The Morgan fingerprint density at radius 3 is 2.52 bits per heavy atom. The summed E-state index contributed by atoms with van der Waals surface area (Å²) in [6.07, 6.45) is 5.21. The van der Waals surface area contributed by atoms with Crippen LogP contribution < -0.4 is 9.64 Å². The summed E-state index contributed by atoms with van der Waals surface area (Å²) in [7, 11) is 0. The standard InChI is InChI=1S/C28H34N2O3/c1-27(2)12-15-32-25-23(21-8-9-21)16-20(17-24(25)27)18-29-13-10-28(11-14-29)19-30(26(31)33-28)22-6-4-3-5-7-22/h3-7,16-17,21H,8-15,18-19H2,1-2H3. The molecule has 3 fully saturated rings. The molecule has 4 aliphatic rings. The van der Waals surface area contributed by atoms with Gasteiger partial charge in [0.25, 0.3) is 0 Å². The summed E-state index contributed by atoms with van der Waals surface area (Å²) in [4.78, 5) is 16.9. The van der Waals surface area contributed by atoms with Crippen molar-refractivity contribution < 1.29 is 14.3 Å². The molecule has 0 unspecified atom stereocenters. The minimum Gasteiger partial charge on any atom is -0.493 e. The average Bonchev–Trinajstić information content (AvgIpc) is 3.60. The molecule has 1 spiro atoms. The smallest absolute Gasteiger partial charge is 0.415 e. The molecular formula is C28H34N2O3. The Bertz CT molecular complexity index is 1050. The molecule has 1 amide bonds. The van der Waals surface area contributed by atoms with Crippen LogP contribution in [0.3, 0.4) is 0 Å². The van der Waals surface area contributed by atoms with Crippen molar-refractivity contribution in [3.05, 3.63) is 59.2 Å². The first-order valence-corrected chi connectivity index (χ1v) is 12.5. The van der Waals surface area contributed by atoms with Gasteiger partial charge in [0.05, 0.1) is 13.2 Å². The predicted octanol–water partition coefficient (Wildman–Crippen LogP) is 5.62. The van der Waals surface area contributed by atoms with Crippen LogP contribution in [0.5, 0.6) is 5.75 Å². The normalized spacial score (nSPS) is 23.8. The fraction of sp³-hybridized carbons (Fsp3) is 0.536. The number of hydrogen-bond donors (Lipinski definition) is 0. The maximum atomic E-state index is 12.6. The molecule has 0 bridgehead atoms. The molecule has 0 aromatic heterocycles. The van der Waals surface area contributed by atoms with Gasteiger partial charge in [0.1, 0.15) is 11.4 Å². The number of piperidine rings is 1. The molecule has 0 atom stereocenters. The molecule has 1 saturated carbocycles. The lowest BCUT2D eigenvalue weighted by atomic mass is 9.77. The van der Waals surface area contributed by atoms with Crippen LogP contribution in [0.25, 0.3) is 0 Å². The Kier molecular flexibility index (Phi) is 4.95. The molecule has 2 aromatic carbocycles. The van der Waals surface area contributed by atoms with E-state index in [1.165, 1.54) is 35.3 Å². The molecule has 3 heterocycles. The van der Waals surface area contributed by atoms with Gasteiger partial charge in [-0.2, -0.15) is 0 Å². The maximum absolute atomic E-state index is 12.6. The van der Waals surface area contributed by atoms with E-state index in [1.807, 2.05) is 30.3 Å². The van der Waals surface area contributed by atoms with Crippen molar-refractivity contribution in [2.24, 2.45) is 0 Å². The van der Waals surface area contributed by atoms with E-state index in [1.54, 1.807) is 4.90 Å². The summed E-state index contributed by atoms with van der Waals surface area (Å²) in [5.41, 5.74) is 4.97. The van der Waals surface area contributed by atoms with Crippen LogP contribution in [0, 0.1) is 0 Å². The van der Waals surface area contributed by atoms with Crippen LogP contribution in [-0.4, -0.2) is 42.8 Å². The van der Waals surface area contributed by atoms with Crippen molar-refractivity contribution in [1.29, 1.82) is 0 Å². The Morgan fingerprint density at radius 2 is 1.79 bits per heavy atom. The molecule has 5 nitrogen and oxygen atoms in total. The van der Waals surface area contributed by atoms with E-state index in [-0.39, 0.29) is 17.1 Å². The van der Waals surface area contributed by atoms with E-state index in [9.17, 15) is 4.79 Å². The number of rotatable bonds is 4. The third-order valence-corrected chi connectivity index (χ3v) is 8.11. The van der Waals surface area contributed by atoms with Crippen molar-refractivity contribution in [2.45, 2.75) is 69.4 Å². The number of carbonyl (C=O) groups is 1. The number of carbonyl (C=O) groups excluding carboxylic acids is 1. The van der Waals surface area contributed by atoms with E-state index in [0.717, 1.165) is 51.2 Å². The topological polar surface area (TPSA) is 42.0 Å². The van der Waals surface area contributed by atoms with Crippen molar-refractivity contribution >= 4 is 11.8 Å². The number of nitrogens with zero attached hydrogens (tertiary/aromatic N) is 2. The predicted molar refractivity (Wildman–Crippen MR) is 129 cm³/mol. The van der Waals surface area contributed by atoms with Gasteiger partial charge < -0.3 is 9.47 Å². The molecule has 3 aliphatic heterocycles. The second kappa shape index (κ2) is 7.76. The molecule has 2 saturated heterocycles. The molecule has 33 heavy (non-hydrogen) atoms. The third-order valence-electron chi connectivity index (χ3n) is 8.11. The van der Waals surface area contributed by atoms with Gasteiger partial charge in [0, 0.05) is 43.7 Å². The first kappa shape index (κ1) is 21.0. The van der Waals surface area contributed by atoms with Gasteiger partial charge in [-0.25, -0.2) is 4.79 Å². The van der Waals surface area contributed by atoms with Crippen LogP contribution >= 0.6 is 0 Å². The van der Waals surface area contributed by atoms with E-state index in [4.69, 9.17) is 9.47 Å². The molecule has 5 heteroatoms. The van der Waals surface area contributed by atoms with Crippen LogP contribution in [0.1, 0.15) is 68.6 Å². The highest BCUT2D eigenvalue weighted by molar-refractivity contribution is 5.90. The second-order valence-electron chi connectivity index (χ2n) is 11.1. The van der Waals surface area contributed by atoms with Crippen LogP contribution in [0.4, 0.5) is 10.5 Å². The summed E-state index contributed by atoms with van der Waals surface area (Å²) >= 11 is 0. The minimum atomic E-state index is -0.353. The van der Waals surface area contributed by atoms with Gasteiger partial charge in [0.2, 0.25) is 0 Å². The Balaban J connectivity index is 1.16. The highest BCUT2D eigenvalue weighted by atomic mass is 16.6. The summed E-state index contributed by atoms with van der Waals surface area (Å²) < 4.78 is 12.1. The lowest BCUT2D eigenvalue weighted by molar-refractivity contribution is -0.000987. The molecule has 2 aromatic rings. The number of para-hydroxylation sites is 1. The number of fused-ring (bicyclic) bond motifs is 1. The number of ether oxygens (including phenoxy) is 2. The fourth-order valence-electron chi connectivity index (χ4n) is 5.78. The zero-order valence-corrected chi connectivity index (χ0v) is 19.8. The molecule has 6 rings (SSSR count). The van der Waals surface area contributed by atoms with E-state index < -0.39 is 0 Å². The number of amides is 1. The molecule has 1 aliphatic carbocycles. The minimum absolute atomic E-state index is 0.165. The summed E-state index contributed by atoms with van der Waals surface area (Å²) in [6.45, 7) is 9.04. The summed E-state index contributed by atoms with van der Waals surface area (Å²) in [5, 5.41) is 0. The van der Waals surface area contributed by atoms with E-state index in [2.05, 4.69) is 30.9 Å².